The van der Waals surface area contributed by atoms with Gasteiger partial charge in [-0.2, -0.15) is 5.26 Å². The molecule has 0 saturated carbocycles. The first-order chi connectivity index (χ1) is 14.3. The van der Waals surface area contributed by atoms with E-state index < -0.39 is 10.8 Å². The summed E-state index contributed by atoms with van der Waals surface area (Å²) in [7, 11) is 0. The Morgan fingerprint density at radius 2 is 1.87 bits per heavy atom. The van der Waals surface area contributed by atoms with Crippen LogP contribution in [-0.4, -0.2) is 10.8 Å². The molecule has 0 spiro atoms. The number of hydrogen-bond donors (Lipinski definition) is 1. The highest BCUT2D eigenvalue weighted by molar-refractivity contribution is 6.37. The van der Waals surface area contributed by atoms with Crippen molar-refractivity contribution in [3.63, 3.8) is 0 Å². The highest BCUT2D eigenvalue weighted by Crippen LogP contribution is 2.37. The lowest BCUT2D eigenvalue weighted by molar-refractivity contribution is -0.384. The number of halogens is 2. The normalized spacial score (nSPS) is 11.1. The van der Waals surface area contributed by atoms with E-state index in [0.29, 0.717) is 5.69 Å². The molecule has 1 N–H and O–H groups in total. The number of hydrogen-bond acceptors (Lipinski definition) is 5. The largest absolute Gasteiger partial charge is 0.457 e. The predicted molar refractivity (Wildman–Crippen MR) is 114 cm³/mol. The Morgan fingerprint density at radius 1 is 1.17 bits per heavy atom. The van der Waals surface area contributed by atoms with E-state index >= 15 is 0 Å². The monoisotopic (exact) mass is 441 g/mol. The molecular weight excluding hydrogens is 429 g/mol. The molecule has 150 valence electrons. The molecule has 1 aromatic heterocycles. The third-order valence-corrected chi connectivity index (χ3v) is 4.70. The molecule has 0 radical (unpaired) electrons. The van der Waals surface area contributed by atoms with Gasteiger partial charge in [0.2, 0.25) is 0 Å². The minimum atomic E-state index is -0.630. The summed E-state index contributed by atoms with van der Waals surface area (Å²) in [5.41, 5.74) is 1.35. The van der Waals surface area contributed by atoms with E-state index in [-0.39, 0.29) is 38.4 Å². The lowest BCUT2D eigenvalue weighted by atomic mass is 10.1. The molecule has 2 aromatic carbocycles. The van der Waals surface area contributed by atoms with Gasteiger partial charge >= 0.3 is 0 Å². The molecule has 1 amide bonds. The summed E-state index contributed by atoms with van der Waals surface area (Å²) in [6.07, 6.45) is 1.27. The van der Waals surface area contributed by atoms with E-state index in [0.717, 1.165) is 5.56 Å². The van der Waals surface area contributed by atoms with Crippen LogP contribution >= 0.6 is 23.2 Å². The third kappa shape index (κ3) is 4.69. The van der Waals surface area contributed by atoms with Gasteiger partial charge in [-0.05, 0) is 37.3 Å². The number of rotatable bonds is 5. The van der Waals surface area contributed by atoms with Gasteiger partial charge in [-0.1, -0.05) is 40.9 Å². The summed E-state index contributed by atoms with van der Waals surface area (Å²) < 4.78 is 5.62. The maximum atomic E-state index is 12.4. The molecule has 0 atom stereocenters. The summed E-state index contributed by atoms with van der Waals surface area (Å²) in [5, 5.41) is 23.1. The highest BCUT2D eigenvalue weighted by atomic mass is 35.5. The van der Waals surface area contributed by atoms with Crippen LogP contribution < -0.4 is 5.32 Å². The number of nitro benzene ring substituents is 1. The number of carbonyl (C=O) groups excluding carboxylic acids is 1. The first-order valence-corrected chi connectivity index (χ1v) is 9.27. The van der Waals surface area contributed by atoms with Crippen molar-refractivity contribution in [1.82, 2.24) is 0 Å². The van der Waals surface area contributed by atoms with Crippen molar-refractivity contribution >= 4 is 46.6 Å². The maximum Gasteiger partial charge on any atom is 0.288 e. The predicted octanol–water partition coefficient (Wildman–Crippen LogP) is 6.02. The summed E-state index contributed by atoms with van der Waals surface area (Å²) >= 11 is 12.0. The number of nitrogens with one attached hydrogen (secondary N) is 1. The van der Waals surface area contributed by atoms with Crippen LogP contribution in [0.4, 0.5) is 11.4 Å². The molecule has 0 aliphatic rings. The Morgan fingerprint density at radius 3 is 2.50 bits per heavy atom. The van der Waals surface area contributed by atoms with E-state index in [1.165, 1.54) is 30.3 Å². The van der Waals surface area contributed by atoms with Gasteiger partial charge < -0.3 is 9.73 Å². The lowest BCUT2D eigenvalue weighted by Crippen LogP contribution is -2.13. The summed E-state index contributed by atoms with van der Waals surface area (Å²) in [5.74, 6) is -0.170. The molecule has 3 rings (SSSR count). The van der Waals surface area contributed by atoms with Crippen molar-refractivity contribution in [2.24, 2.45) is 0 Å². The van der Waals surface area contributed by atoms with Crippen LogP contribution in [-0.2, 0) is 4.79 Å². The average molecular weight is 442 g/mol. The van der Waals surface area contributed by atoms with Crippen LogP contribution in [0.5, 0.6) is 0 Å². The Balaban J connectivity index is 1.87. The molecule has 0 aliphatic carbocycles. The molecule has 0 aliphatic heterocycles. The van der Waals surface area contributed by atoms with Crippen LogP contribution in [0.15, 0.2) is 58.5 Å². The van der Waals surface area contributed by atoms with E-state index in [1.807, 2.05) is 25.1 Å². The van der Waals surface area contributed by atoms with Gasteiger partial charge in [0.1, 0.15) is 28.2 Å². The summed E-state index contributed by atoms with van der Waals surface area (Å²) in [4.78, 5) is 22.8. The number of anilines is 1. The lowest BCUT2D eigenvalue weighted by Gasteiger charge is -2.04. The minimum absolute atomic E-state index is 0.0973. The van der Waals surface area contributed by atoms with Gasteiger partial charge in [-0.15, -0.1) is 0 Å². The first-order valence-electron chi connectivity index (χ1n) is 8.52. The number of nitro groups is 1. The Kier molecular flexibility index (Phi) is 6.21. The van der Waals surface area contributed by atoms with Crippen LogP contribution in [0, 0.1) is 28.4 Å². The zero-order valence-corrected chi connectivity index (χ0v) is 17.0. The number of furan rings is 1. The van der Waals surface area contributed by atoms with E-state index in [9.17, 15) is 20.2 Å². The number of benzene rings is 2. The molecule has 0 saturated heterocycles. The van der Waals surface area contributed by atoms with Crippen LogP contribution in [0.25, 0.3) is 17.4 Å². The third-order valence-electron chi connectivity index (χ3n) is 4.09. The van der Waals surface area contributed by atoms with Crippen molar-refractivity contribution < 1.29 is 14.1 Å². The van der Waals surface area contributed by atoms with Crippen LogP contribution in [0.2, 0.25) is 10.0 Å². The number of nitriles is 1. The second-order valence-electron chi connectivity index (χ2n) is 6.23. The molecule has 9 heteroatoms. The van der Waals surface area contributed by atoms with Gasteiger partial charge in [0.05, 0.1) is 9.95 Å². The second-order valence-corrected chi connectivity index (χ2v) is 7.05. The topological polar surface area (TPSA) is 109 Å². The fraction of sp³-hybridized carbons (Fsp3) is 0.0476. The van der Waals surface area contributed by atoms with Crippen molar-refractivity contribution in [3.05, 3.63) is 85.6 Å². The van der Waals surface area contributed by atoms with Crippen molar-refractivity contribution in [1.29, 1.82) is 5.26 Å². The molecule has 0 bridgehead atoms. The van der Waals surface area contributed by atoms with E-state index in [4.69, 9.17) is 27.6 Å². The quantitative estimate of drug-likeness (QED) is 0.225. The first kappa shape index (κ1) is 21.1. The molecule has 0 fully saturated rings. The highest BCUT2D eigenvalue weighted by Gasteiger charge is 2.19. The van der Waals surface area contributed by atoms with Crippen molar-refractivity contribution in [2.45, 2.75) is 6.92 Å². The molecular formula is C21H13Cl2N3O4. The molecule has 3 aromatic rings. The van der Waals surface area contributed by atoms with Gasteiger partial charge in [0, 0.05) is 23.4 Å². The molecule has 7 nitrogen and oxygen atoms in total. The Hall–Kier alpha value is -3.60. The molecule has 0 unspecified atom stereocenters. The van der Waals surface area contributed by atoms with Gasteiger partial charge in [0.25, 0.3) is 11.6 Å². The molecule has 1 heterocycles. The smallest absolute Gasteiger partial charge is 0.288 e. The SMILES string of the molecule is Cc1ccc(NC(=O)/C(C#N)=C\c2ccc(-c3cc([N+](=O)[O-])c(Cl)cc3Cl)o2)cc1. The fourth-order valence-electron chi connectivity index (χ4n) is 2.57. The van der Waals surface area contributed by atoms with Crippen molar-refractivity contribution in [2.75, 3.05) is 5.32 Å². The van der Waals surface area contributed by atoms with Gasteiger partial charge in [0.15, 0.2) is 0 Å². The van der Waals surface area contributed by atoms with Crippen LogP contribution in [0.1, 0.15) is 11.3 Å². The van der Waals surface area contributed by atoms with Crippen molar-refractivity contribution in [3.8, 4) is 17.4 Å². The van der Waals surface area contributed by atoms with Gasteiger partial charge in [-0.3, -0.25) is 14.9 Å². The summed E-state index contributed by atoms with van der Waals surface area (Å²) in [6.45, 7) is 1.92. The van der Waals surface area contributed by atoms with E-state index in [1.54, 1.807) is 12.1 Å². The number of carbonyl (C=O) groups is 1. The van der Waals surface area contributed by atoms with E-state index in [2.05, 4.69) is 5.32 Å². The Bertz CT molecular complexity index is 1210. The number of nitrogens with zero attached hydrogens (tertiary/aromatic N) is 2. The number of aryl methyl sites for hydroxylation is 1. The second kappa shape index (κ2) is 8.82. The Labute approximate surface area is 181 Å². The zero-order valence-electron chi connectivity index (χ0n) is 15.5. The average Bonchev–Trinajstić information content (AvgIpc) is 3.16. The summed E-state index contributed by atoms with van der Waals surface area (Å²) in [6, 6.07) is 14.4. The minimum Gasteiger partial charge on any atom is -0.457 e. The standard InChI is InChI=1S/C21H13Cl2N3O4/c1-12-2-4-14(5-3-12)25-21(27)13(11-24)8-15-6-7-20(30-15)16-9-19(26(28)29)18(23)10-17(16)22/h2-10H,1H3,(H,25,27)/b13-8-. The maximum absolute atomic E-state index is 12.4. The fourth-order valence-corrected chi connectivity index (χ4v) is 3.11. The van der Waals surface area contributed by atoms with Crippen LogP contribution in [0.3, 0.4) is 0 Å². The molecule has 30 heavy (non-hydrogen) atoms. The zero-order chi connectivity index (χ0) is 21.8. The number of amides is 1. The van der Waals surface area contributed by atoms with Gasteiger partial charge in [-0.25, -0.2) is 0 Å².